The normalized spacial score (nSPS) is 11.9. The molecule has 0 aliphatic rings. The molecule has 0 atom stereocenters. The fourth-order valence-corrected chi connectivity index (χ4v) is 8.87. The lowest BCUT2D eigenvalue weighted by Gasteiger charge is -2.16. The third-order valence-electron chi connectivity index (χ3n) is 7.69. The van der Waals surface area contributed by atoms with Crippen LogP contribution in [0.4, 0.5) is 11.4 Å². The standard InChI is InChI=1S/C36H33Cl6NSi2/c37-44(38,39)24-4-6-27-10-14-29(15-11-27)30-18-20-32(21-19-30)35-23-22-33(26-36(35)43-34-8-2-1-3-9-34)31-16-12-28(13-17-31)7-5-25-45(40,41)42/h1-3,8-23,26,43H,4-7,24-25H2. The van der Waals surface area contributed by atoms with Crippen molar-refractivity contribution in [1.29, 1.82) is 0 Å². The van der Waals surface area contributed by atoms with Crippen molar-refractivity contribution in [3.63, 3.8) is 0 Å². The van der Waals surface area contributed by atoms with E-state index in [4.69, 9.17) is 66.5 Å². The largest absolute Gasteiger partial charge is 0.355 e. The molecule has 0 aliphatic heterocycles. The van der Waals surface area contributed by atoms with Crippen LogP contribution in [-0.2, 0) is 12.8 Å². The van der Waals surface area contributed by atoms with Gasteiger partial charge in [-0.25, -0.2) is 0 Å². The highest BCUT2D eigenvalue weighted by Gasteiger charge is 2.24. The van der Waals surface area contributed by atoms with Crippen LogP contribution in [0.2, 0.25) is 12.1 Å². The highest BCUT2D eigenvalue weighted by Crippen LogP contribution is 2.36. The number of halogens is 6. The third-order valence-corrected chi connectivity index (χ3v) is 12.9. The van der Waals surface area contributed by atoms with Gasteiger partial charge < -0.3 is 5.32 Å². The fourth-order valence-electron chi connectivity index (χ4n) is 5.31. The number of anilines is 2. The van der Waals surface area contributed by atoms with Gasteiger partial charge >= 0.3 is 12.0 Å². The molecule has 1 nitrogen and oxygen atoms in total. The highest BCUT2D eigenvalue weighted by molar-refractivity contribution is 7.65. The molecule has 0 saturated carbocycles. The van der Waals surface area contributed by atoms with Crippen LogP contribution in [0.5, 0.6) is 0 Å². The molecule has 45 heavy (non-hydrogen) atoms. The maximum absolute atomic E-state index is 6.06. The zero-order chi connectivity index (χ0) is 31.9. The van der Waals surface area contributed by atoms with E-state index in [2.05, 4.69) is 108 Å². The fraction of sp³-hybridized carbons (Fsp3) is 0.167. The second-order valence-electron chi connectivity index (χ2n) is 11.2. The molecule has 0 heterocycles. The summed E-state index contributed by atoms with van der Waals surface area (Å²) < 4.78 is 0. The van der Waals surface area contributed by atoms with Crippen molar-refractivity contribution in [2.45, 2.75) is 37.8 Å². The average Bonchev–Trinajstić information content (AvgIpc) is 3.01. The second kappa shape index (κ2) is 15.8. The van der Waals surface area contributed by atoms with E-state index >= 15 is 0 Å². The van der Waals surface area contributed by atoms with Gasteiger partial charge in [-0.3, -0.25) is 0 Å². The molecule has 0 bridgehead atoms. The molecule has 5 rings (SSSR count). The molecule has 9 heteroatoms. The van der Waals surface area contributed by atoms with Gasteiger partial charge in [0.2, 0.25) is 0 Å². The molecule has 0 radical (unpaired) electrons. The van der Waals surface area contributed by atoms with Crippen molar-refractivity contribution < 1.29 is 0 Å². The van der Waals surface area contributed by atoms with Gasteiger partial charge in [0.1, 0.15) is 0 Å². The van der Waals surface area contributed by atoms with Crippen LogP contribution < -0.4 is 5.32 Å². The molecule has 5 aromatic carbocycles. The van der Waals surface area contributed by atoms with E-state index in [1.807, 2.05) is 18.2 Å². The molecule has 0 saturated heterocycles. The minimum Gasteiger partial charge on any atom is -0.355 e. The zero-order valence-corrected chi connectivity index (χ0v) is 31.1. The number of para-hydroxylation sites is 1. The SMILES string of the molecule is Cl[Si](Cl)(Cl)CCCc1ccc(-c2ccc(-c3ccc(-c4ccc(CCC[Si](Cl)(Cl)Cl)cc4)cc3Nc3ccccc3)cc2)cc1. The van der Waals surface area contributed by atoms with E-state index in [1.54, 1.807) is 0 Å². The molecule has 232 valence electrons. The van der Waals surface area contributed by atoms with Crippen LogP contribution in [0, 0.1) is 0 Å². The van der Waals surface area contributed by atoms with Crippen LogP contribution in [0.25, 0.3) is 33.4 Å². The van der Waals surface area contributed by atoms with Gasteiger partial charge in [0.05, 0.1) is 0 Å². The Hall–Kier alpha value is -1.93. The molecule has 0 fully saturated rings. The number of rotatable bonds is 13. The monoisotopic (exact) mass is 745 g/mol. The first-order valence-corrected chi connectivity index (χ1v) is 25.4. The summed E-state index contributed by atoms with van der Waals surface area (Å²) in [6.45, 7) is 0. The average molecular weight is 749 g/mol. The van der Waals surface area contributed by atoms with Gasteiger partial charge in [0, 0.05) is 16.9 Å². The summed E-state index contributed by atoms with van der Waals surface area (Å²) >= 11 is 36.3. The number of hydrogen-bond donors (Lipinski definition) is 1. The van der Waals surface area contributed by atoms with Gasteiger partial charge in [-0.1, -0.05) is 103 Å². The predicted molar refractivity (Wildman–Crippen MR) is 205 cm³/mol. The molecule has 1 N–H and O–H groups in total. The van der Waals surface area contributed by atoms with Gasteiger partial charge in [0.15, 0.2) is 0 Å². The molecule has 0 aliphatic carbocycles. The Kier molecular flexibility index (Phi) is 12.1. The molecular weight excluding hydrogens is 715 g/mol. The number of aryl methyl sites for hydroxylation is 2. The molecular formula is C36H33Cl6NSi2. The van der Waals surface area contributed by atoms with Gasteiger partial charge in [0.25, 0.3) is 0 Å². The maximum atomic E-state index is 6.06. The Labute approximate surface area is 296 Å². The van der Waals surface area contributed by atoms with Gasteiger partial charge in [-0.2, -0.15) is 0 Å². The minimum absolute atomic E-state index is 0.671. The molecule has 0 aromatic heterocycles. The number of nitrogens with one attached hydrogen (secondary N) is 1. The second-order valence-corrected chi connectivity index (χ2v) is 29.7. The molecule has 5 aromatic rings. The van der Waals surface area contributed by atoms with Crippen molar-refractivity contribution in [3.05, 3.63) is 132 Å². The third kappa shape index (κ3) is 10.8. The Balaban J connectivity index is 1.34. The Morgan fingerprint density at radius 1 is 0.444 bits per heavy atom. The van der Waals surface area contributed by atoms with Crippen LogP contribution >= 0.6 is 66.5 Å². The predicted octanol–water partition coefficient (Wildman–Crippen LogP) is 13.6. The smallest absolute Gasteiger partial charge is 0.341 e. The quantitative estimate of drug-likeness (QED) is 0.0934. The summed E-state index contributed by atoms with van der Waals surface area (Å²) in [5.41, 5.74) is 11.5. The van der Waals surface area contributed by atoms with Crippen LogP contribution in [-0.4, -0.2) is 12.0 Å². The lowest BCUT2D eigenvalue weighted by molar-refractivity contribution is 0.915. The summed E-state index contributed by atoms with van der Waals surface area (Å²) in [6.07, 6.45) is 3.59. The van der Waals surface area contributed by atoms with Crippen LogP contribution in [0.1, 0.15) is 24.0 Å². The molecule has 0 unspecified atom stereocenters. The Bertz CT molecular complexity index is 1670. The first-order chi connectivity index (χ1) is 21.5. The van der Waals surface area contributed by atoms with E-state index in [0.29, 0.717) is 12.1 Å². The van der Waals surface area contributed by atoms with Crippen molar-refractivity contribution >= 4 is 89.9 Å². The number of hydrogen-bond acceptors (Lipinski definition) is 1. The first kappa shape index (κ1) is 34.4. The molecule has 0 spiro atoms. The lowest BCUT2D eigenvalue weighted by Crippen LogP contribution is -2.08. The van der Waals surface area contributed by atoms with E-state index in [-0.39, 0.29) is 0 Å². The maximum Gasteiger partial charge on any atom is 0.341 e. The number of benzene rings is 5. The zero-order valence-electron chi connectivity index (χ0n) is 24.6. The topological polar surface area (TPSA) is 12.0 Å². The van der Waals surface area contributed by atoms with Crippen LogP contribution in [0.15, 0.2) is 121 Å². The van der Waals surface area contributed by atoms with Crippen LogP contribution in [0.3, 0.4) is 0 Å². The van der Waals surface area contributed by atoms with E-state index < -0.39 is 12.0 Å². The summed E-state index contributed by atoms with van der Waals surface area (Å²) in [4.78, 5) is 0. The first-order valence-electron chi connectivity index (χ1n) is 14.9. The summed E-state index contributed by atoms with van der Waals surface area (Å²) in [5.74, 6) is 0. The summed E-state index contributed by atoms with van der Waals surface area (Å²) in [5, 5.41) is 3.66. The molecule has 0 amide bonds. The van der Waals surface area contributed by atoms with Crippen molar-refractivity contribution in [2.24, 2.45) is 0 Å². The van der Waals surface area contributed by atoms with Crippen molar-refractivity contribution in [2.75, 3.05) is 5.32 Å². The minimum atomic E-state index is -2.58. The van der Waals surface area contributed by atoms with Crippen molar-refractivity contribution in [1.82, 2.24) is 0 Å². The van der Waals surface area contributed by atoms with E-state index in [0.717, 1.165) is 59.3 Å². The van der Waals surface area contributed by atoms with E-state index in [1.165, 1.54) is 22.3 Å². The highest BCUT2D eigenvalue weighted by atomic mass is 35.8. The van der Waals surface area contributed by atoms with Gasteiger partial charge in [-0.05, 0) is 94.9 Å². The summed E-state index contributed by atoms with van der Waals surface area (Å²) in [7, 11) is 0. The Morgan fingerprint density at radius 3 is 1.36 bits per heavy atom. The van der Waals surface area contributed by atoms with E-state index in [9.17, 15) is 0 Å². The summed E-state index contributed by atoms with van der Waals surface area (Å²) in [6, 6.07) is 39.2. The Morgan fingerprint density at radius 2 is 0.867 bits per heavy atom. The van der Waals surface area contributed by atoms with Crippen molar-refractivity contribution in [3.8, 4) is 33.4 Å². The lowest BCUT2D eigenvalue weighted by atomic mass is 9.95. The van der Waals surface area contributed by atoms with Gasteiger partial charge in [-0.15, -0.1) is 66.5 Å².